The molecule has 0 atom stereocenters. The average Bonchev–Trinajstić information content (AvgIpc) is 3.50. The zero-order valence-corrected chi connectivity index (χ0v) is 25.8. The third kappa shape index (κ3) is 4.60. The molecule has 0 unspecified atom stereocenters. The summed E-state index contributed by atoms with van der Waals surface area (Å²) in [6.07, 6.45) is 1.77. The molecule has 0 saturated carbocycles. The molecule has 0 aliphatic rings. The van der Waals surface area contributed by atoms with Crippen molar-refractivity contribution in [3.8, 4) is 39.9 Å². The van der Waals surface area contributed by atoms with E-state index in [9.17, 15) is 0 Å². The topological polar surface area (TPSA) is 54.1 Å². The number of fused-ring (bicyclic) bond motifs is 3. The molecule has 0 spiro atoms. The molecule has 0 amide bonds. The first kappa shape index (κ1) is 27.5. The highest BCUT2D eigenvalue weighted by atomic mass is 16.5. The minimum absolute atomic E-state index is 0.737. The van der Waals surface area contributed by atoms with Crippen LogP contribution in [0.15, 0.2) is 97.2 Å². The van der Waals surface area contributed by atoms with Crippen molar-refractivity contribution >= 4 is 21.8 Å². The van der Waals surface area contributed by atoms with Crippen LogP contribution in [0.1, 0.15) is 28.1 Å². The van der Waals surface area contributed by atoms with Gasteiger partial charge in [0.25, 0.3) is 0 Å². The zero-order chi connectivity index (χ0) is 30.5. The summed E-state index contributed by atoms with van der Waals surface area (Å²) in [5, 5.41) is 7.26. The molecule has 218 valence electrons. The number of nitrogens with zero attached hydrogens (tertiary/aromatic N) is 4. The van der Waals surface area contributed by atoms with Crippen molar-refractivity contribution in [2.24, 2.45) is 0 Å². The first-order chi connectivity index (χ1) is 21.3. The third-order valence-electron chi connectivity index (χ3n) is 8.34. The Kier molecular flexibility index (Phi) is 6.70. The van der Waals surface area contributed by atoms with Crippen molar-refractivity contribution in [3.63, 3.8) is 0 Å². The van der Waals surface area contributed by atoms with Crippen molar-refractivity contribution in [3.05, 3.63) is 125 Å². The van der Waals surface area contributed by atoms with Gasteiger partial charge in [0.1, 0.15) is 23.1 Å². The average molecular weight is 579 g/mol. The Bertz CT molecular complexity index is 2180. The lowest BCUT2D eigenvalue weighted by atomic mass is 9.92. The predicted molar refractivity (Wildman–Crippen MR) is 178 cm³/mol. The molecule has 0 saturated heterocycles. The van der Waals surface area contributed by atoms with Crippen LogP contribution in [0.3, 0.4) is 0 Å². The van der Waals surface area contributed by atoms with Crippen molar-refractivity contribution in [2.75, 3.05) is 7.11 Å². The number of pyridine rings is 1. The maximum absolute atomic E-state index is 6.49. The summed E-state index contributed by atoms with van der Waals surface area (Å²) < 4.78 is 16.2. The van der Waals surface area contributed by atoms with E-state index in [0.717, 1.165) is 61.9 Å². The molecule has 6 nitrogen and oxygen atoms in total. The lowest BCUT2D eigenvalue weighted by Crippen LogP contribution is -2.00. The van der Waals surface area contributed by atoms with Gasteiger partial charge in [-0.15, -0.1) is 0 Å². The summed E-state index contributed by atoms with van der Waals surface area (Å²) in [6, 6.07) is 31.0. The molecule has 0 N–H and O–H groups in total. The van der Waals surface area contributed by atoms with Crippen LogP contribution in [0.2, 0.25) is 0 Å². The Hall–Kier alpha value is -5.36. The number of hydrogen-bond donors (Lipinski definition) is 0. The molecule has 0 fully saturated rings. The van der Waals surface area contributed by atoms with E-state index in [4.69, 9.17) is 14.6 Å². The van der Waals surface area contributed by atoms with E-state index in [-0.39, 0.29) is 0 Å². The molecule has 0 aliphatic carbocycles. The first-order valence-electron chi connectivity index (χ1n) is 14.8. The van der Waals surface area contributed by atoms with Gasteiger partial charge in [0.05, 0.1) is 29.5 Å². The molecular weight excluding hydrogens is 544 g/mol. The largest absolute Gasteiger partial charge is 0.497 e. The van der Waals surface area contributed by atoms with Crippen LogP contribution >= 0.6 is 0 Å². The Morgan fingerprint density at radius 1 is 0.636 bits per heavy atom. The second-order valence-corrected chi connectivity index (χ2v) is 11.4. The van der Waals surface area contributed by atoms with Crippen LogP contribution in [0.5, 0.6) is 17.2 Å². The number of hydrogen-bond acceptors (Lipinski definition) is 4. The molecule has 3 aromatic heterocycles. The van der Waals surface area contributed by atoms with Crippen LogP contribution in [-0.2, 0) is 0 Å². The summed E-state index contributed by atoms with van der Waals surface area (Å²) in [5.41, 5.74) is 11.4. The van der Waals surface area contributed by atoms with Crippen molar-refractivity contribution < 1.29 is 9.47 Å². The normalized spacial score (nSPS) is 11.4. The van der Waals surface area contributed by atoms with Crippen molar-refractivity contribution in [1.29, 1.82) is 0 Å². The second kappa shape index (κ2) is 10.7. The van der Waals surface area contributed by atoms with E-state index in [1.165, 1.54) is 27.8 Å². The summed E-state index contributed by atoms with van der Waals surface area (Å²) in [6.45, 7) is 10.7. The number of ether oxygens (including phenoxy) is 2. The monoisotopic (exact) mass is 578 g/mol. The van der Waals surface area contributed by atoms with E-state index < -0.39 is 0 Å². The number of para-hydroxylation sites is 1. The Morgan fingerprint density at radius 2 is 1.39 bits per heavy atom. The fraction of sp³-hybridized carbons (Fsp3) is 0.158. The van der Waals surface area contributed by atoms with E-state index in [1.807, 2.05) is 47.1 Å². The fourth-order valence-electron chi connectivity index (χ4n) is 6.55. The second-order valence-electron chi connectivity index (χ2n) is 11.4. The third-order valence-corrected chi connectivity index (χ3v) is 8.34. The molecule has 3 heterocycles. The minimum atomic E-state index is 0.737. The molecule has 0 bridgehead atoms. The number of aryl methyl sites for hydroxylation is 4. The Balaban J connectivity index is 1.28. The standard InChI is InChI=1S/C38H34N4O2/c1-23-18-24(2)37(25(3)19-23)38-26(4)40-42(27(38)5)28-10-9-11-30(20-28)44-31-14-15-33-32-12-7-8-13-34(32)41(35(33)21-31)36-22-29(43-6)16-17-39-36/h7-22H,1-6H3. The van der Waals surface area contributed by atoms with Crippen LogP contribution in [0, 0.1) is 34.6 Å². The van der Waals surface area contributed by atoms with Crippen LogP contribution in [0.4, 0.5) is 0 Å². The highest BCUT2D eigenvalue weighted by Crippen LogP contribution is 2.37. The van der Waals surface area contributed by atoms with Crippen LogP contribution in [0.25, 0.3) is 44.4 Å². The fourth-order valence-corrected chi connectivity index (χ4v) is 6.55. The molecule has 0 aliphatic heterocycles. The molecule has 7 rings (SSSR count). The Labute approximate surface area is 257 Å². The van der Waals surface area contributed by atoms with Gasteiger partial charge in [0.15, 0.2) is 0 Å². The molecule has 6 heteroatoms. The lowest BCUT2D eigenvalue weighted by molar-refractivity contribution is 0.414. The van der Waals surface area contributed by atoms with Crippen LogP contribution in [-0.4, -0.2) is 26.4 Å². The quantitative estimate of drug-likeness (QED) is 0.197. The number of benzene rings is 4. The van der Waals surface area contributed by atoms with E-state index in [1.54, 1.807) is 13.3 Å². The van der Waals surface area contributed by atoms with Crippen molar-refractivity contribution in [1.82, 2.24) is 19.3 Å². The summed E-state index contributed by atoms with van der Waals surface area (Å²) in [5.74, 6) is 3.02. The molecule has 4 aromatic carbocycles. The zero-order valence-electron chi connectivity index (χ0n) is 25.8. The van der Waals surface area contributed by atoms with Gasteiger partial charge >= 0.3 is 0 Å². The number of methoxy groups -OCH3 is 1. The first-order valence-corrected chi connectivity index (χ1v) is 14.8. The van der Waals surface area contributed by atoms with E-state index in [2.05, 4.69) is 92.7 Å². The van der Waals surface area contributed by atoms with Gasteiger partial charge in [-0.05, 0) is 87.7 Å². The highest BCUT2D eigenvalue weighted by Gasteiger charge is 2.19. The summed E-state index contributed by atoms with van der Waals surface area (Å²) in [4.78, 5) is 4.68. The van der Waals surface area contributed by atoms with Gasteiger partial charge in [-0.2, -0.15) is 5.10 Å². The van der Waals surface area contributed by atoms with Gasteiger partial charge in [-0.25, -0.2) is 9.67 Å². The van der Waals surface area contributed by atoms with Crippen molar-refractivity contribution in [2.45, 2.75) is 34.6 Å². The summed E-state index contributed by atoms with van der Waals surface area (Å²) in [7, 11) is 1.67. The maximum Gasteiger partial charge on any atom is 0.141 e. The van der Waals surface area contributed by atoms with E-state index >= 15 is 0 Å². The van der Waals surface area contributed by atoms with Gasteiger partial charge < -0.3 is 9.47 Å². The van der Waals surface area contributed by atoms with Gasteiger partial charge in [-0.3, -0.25) is 4.57 Å². The maximum atomic E-state index is 6.49. The Morgan fingerprint density at radius 3 is 2.18 bits per heavy atom. The van der Waals surface area contributed by atoms with Gasteiger partial charge in [0, 0.05) is 46.4 Å². The number of aromatic nitrogens is 4. The molecule has 44 heavy (non-hydrogen) atoms. The SMILES string of the molecule is COc1ccnc(-n2c3ccccc3c3ccc(Oc4cccc(-n5nc(C)c(-c6c(C)cc(C)cc6C)c5C)c4)cc32)c1. The van der Waals surface area contributed by atoms with Crippen LogP contribution < -0.4 is 9.47 Å². The molecular formula is C38H34N4O2. The van der Waals surface area contributed by atoms with E-state index in [0.29, 0.717) is 0 Å². The predicted octanol–water partition coefficient (Wildman–Crippen LogP) is 9.37. The molecule has 7 aromatic rings. The smallest absolute Gasteiger partial charge is 0.141 e. The summed E-state index contributed by atoms with van der Waals surface area (Å²) >= 11 is 0. The number of rotatable bonds is 6. The highest BCUT2D eigenvalue weighted by molar-refractivity contribution is 6.09. The molecule has 0 radical (unpaired) electrons. The lowest BCUT2D eigenvalue weighted by Gasteiger charge is -2.13. The minimum Gasteiger partial charge on any atom is -0.497 e. The van der Waals surface area contributed by atoms with Gasteiger partial charge in [0.2, 0.25) is 0 Å². The van der Waals surface area contributed by atoms with Gasteiger partial charge in [-0.1, -0.05) is 42.0 Å².